The quantitative estimate of drug-likeness (QED) is 0.537. The molecule has 18 heavy (non-hydrogen) atoms. The molecule has 2 rings (SSSR count). The smallest absolute Gasteiger partial charge is 0.187 e. The maximum atomic E-state index is 6.28. The van der Waals surface area contributed by atoms with Crippen molar-refractivity contribution in [3.63, 3.8) is 0 Å². The highest BCUT2D eigenvalue weighted by Gasteiger charge is 2.29. The number of unbranched alkanes of at least 4 members (excludes halogenated alkanes) is 1. The maximum Gasteiger partial charge on any atom is 0.187 e. The summed E-state index contributed by atoms with van der Waals surface area (Å²) in [6, 6.07) is 0. The van der Waals surface area contributed by atoms with Crippen molar-refractivity contribution in [3.8, 4) is 0 Å². The van der Waals surface area contributed by atoms with Crippen LogP contribution < -0.4 is 0 Å². The van der Waals surface area contributed by atoms with Gasteiger partial charge in [-0.05, 0) is 32.1 Å². The van der Waals surface area contributed by atoms with Crippen molar-refractivity contribution in [2.24, 2.45) is 0 Å². The van der Waals surface area contributed by atoms with E-state index >= 15 is 0 Å². The molecule has 3 nitrogen and oxygen atoms in total. The van der Waals surface area contributed by atoms with Gasteiger partial charge in [-0.3, -0.25) is 0 Å². The van der Waals surface area contributed by atoms with Crippen molar-refractivity contribution >= 4 is 8.45 Å². The number of nitrogens with zero attached hydrogens (tertiary/aromatic N) is 2. The summed E-state index contributed by atoms with van der Waals surface area (Å²) in [4.78, 5) is 0. The molecule has 2 aliphatic heterocycles. The van der Waals surface area contributed by atoms with Gasteiger partial charge in [0, 0.05) is 26.2 Å². The first-order valence-electron chi connectivity index (χ1n) is 7.84. The lowest BCUT2D eigenvalue weighted by Gasteiger charge is -2.41. The summed E-state index contributed by atoms with van der Waals surface area (Å²) in [6.07, 6.45) is 10.7. The molecule has 2 heterocycles. The first-order valence-corrected chi connectivity index (χ1v) is 9.01. The summed E-state index contributed by atoms with van der Waals surface area (Å²) in [7, 11) is -0.442. The first kappa shape index (κ1) is 14.7. The molecule has 0 amide bonds. The van der Waals surface area contributed by atoms with Crippen LogP contribution in [0.3, 0.4) is 0 Å². The van der Waals surface area contributed by atoms with Gasteiger partial charge in [-0.2, -0.15) is 0 Å². The van der Waals surface area contributed by atoms with Crippen LogP contribution in [0.25, 0.3) is 0 Å². The molecule has 2 saturated heterocycles. The van der Waals surface area contributed by atoms with Gasteiger partial charge in [0.05, 0.1) is 6.61 Å². The summed E-state index contributed by atoms with van der Waals surface area (Å²) in [5.41, 5.74) is 0. The molecular formula is C14H29N2OP. The van der Waals surface area contributed by atoms with Crippen molar-refractivity contribution in [3.05, 3.63) is 0 Å². The summed E-state index contributed by atoms with van der Waals surface area (Å²) in [5, 5.41) is 0. The topological polar surface area (TPSA) is 15.7 Å². The third kappa shape index (κ3) is 4.45. The van der Waals surface area contributed by atoms with Crippen LogP contribution in [-0.4, -0.2) is 42.1 Å². The summed E-state index contributed by atoms with van der Waals surface area (Å²) >= 11 is 0. The van der Waals surface area contributed by atoms with Gasteiger partial charge in [0.1, 0.15) is 0 Å². The minimum Gasteiger partial charge on any atom is -0.331 e. The Morgan fingerprint density at radius 2 is 1.33 bits per heavy atom. The fourth-order valence-corrected chi connectivity index (χ4v) is 4.96. The van der Waals surface area contributed by atoms with Crippen molar-refractivity contribution in [1.29, 1.82) is 0 Å². The van der Waals surface area contributed by atoms with E-state index in [1.165, 1.54) is 77.5 Å². The number of hydrogen-bond donors (Lipinski definition) is 0. The van der Waals surface area contributed by atoms with Crippen LogP contribution in [0.15, 0.2) is 0 Å². The molecule has 4 heteroatoms. The zero-order chi connectivity index (χ0) is 12.6. The minimum absolute atomic E-state index is 0.442. The molecule has 0 atom stereocenters. The lowest BCUT2D eigenvalue weighted by atomic mass is 10.2. The average Bonchev–Trinajstić information content (AvgIpc) is 2.46. The Labute approximate surface area is 114 Å². The Morgan fingerprint density at radius 1 is 0.833 bits per heavy atom. The van der Waals surface area contributed by atoms with E-state index in [4.69, 9.17) is 4.52 Å². The second kappa shape index (κ2) is 8.47. The minimum atomic E-state index is -0.442. The van der Waals surface area contributed by atoms with E-state index in [2.05, 4.69) is 16.3 Å². The first-order chi connectivity index (χ1) is 8.92. The molecule has 0 aromatic rings. The Morgan fingerprint density at radius 3 is 1.78 bits per heavy atom. The molecule has 2 fully saturated rings. The molecule has 106 valence electrons. The van der Waals surface area contributed by atoms with E-state index < -0.39 is 8.45 Å². The maximum absolute atomic E-state index is 6.28. The zero-order valence-corrected chi connectivity index (χ0v) is 12.8. The highest BCUT2D eigenvalue weighted by Crippen LogP contribution is 2.48. The van der Waals surface area contributed by atoms with E-state index in [-0.39, 0.29) is 0 Å². The van der Waals surface area contributed by atoms with Crippen molar-refractivity contribution in [2.75, 3.05) is 32.8 Å². The van der Waals surface area contributed by atoms with Crippen LogP contribution >= 0.6 is 8.45 Å². The highest BCUT2D eigenvalue weighted by molar-refractivity contribution is 7.47. The van der Waals surface area contributed by atoms with Gasteiger partial charge in [0.2, 0.25) is 0 Å². The van der Waals surface area contributed by atoms with E-state index in [9.17, 15) is 0 Å². The zero-order valence-electron chi connectivity index (χ0n) is 11.9. The van der Waals surface area contributed by atoms with Gasteiger partial charge in [-0.1, -0.05) is 26.2 Å². The predicted octanol–water partition coefficient (Wildman–Crippen LogP) is 4.00. The monoisotopic (exact) mass is 272 g/mol. The number of hydrogen-bond acceptors (Lipinski definition) is 3. The SMILES string of the molecule is CCCCOP(N1CCCCC1)N1CCCCC1. The normalized spacial score (nSPS) is 23.7. The summed E-state index contributed by atoms with van der Waals surface area (Å²) < 4.78 is 11.6. The van der Waals surface area contributed by atoms with Crippen LogP contribution in [0.2, 0.25) is 0 Å². The Bertz CT molecular complexity index is 198. The van der Waals surface area contributed by atoms with Gasteiger partial charge in [0.15, 0.2) is 8.45 Å². The van der Waals surface area contributed by atoms with Crippen LogP contribution in [0.4, 0.5) is 0 Å². The van der Waals surface area contributed by atoms with Crippen molar-refractivity contribution in [2.45, 2.75) is 58.3 Å². The van der Waals surface area contributed by atoms with Crippen molar-refractivity contribution in [1.82, 2.24) is 9.34 Å². The molecule has 0 spiro atoms. The third-order valence-corrected chi connectivity index (χ3v) is 6.03. The molecule has 0 aromatic carbocycles. The fraction of sp³-hybridized carbons (Fsp3) is 1.00. The fourth-order valence-electron chi connectivity index (χ4n) is 2.73. The lowest BCUT2D eigenvalue weighted by Crippen LogP contribution is -2.36. The number of rotatable bonds is 6. The molecule has 0 saturated carbocycles. The van der Waals surface area contributed by atoms with Gasteiger partial charge >= 0.3 is 0 Å². The molecule has 0 N–H and O–H groups in total. The molecule has 0 bridgehead atoms. The van der Waals surface area contributed by atoms with Gasteiger partial charge in [0.25, 0.3) is 0 Å². The molecular weight excluding hydrogens is 243 g/mol. The molecule has 2 aliphatic rings. The standard InChI is InChI=1S/C14H29N2OP/c1-2-3-14-17-18(15-10-6-4-7-11-15)16-12-8-5-9-13-16/h2-14H2,1H3. The molecule has 0 aromatic heterocycles. The van der Waals surface area contributed by atoms with Crippen LogP contribution in [0, 0.1) is 0 Å². The van der Waals surface area contributed by atoms with Crippen molar-refractivity contribution < 1.29 is 4.52 Å². The summed E-state index contributed by atoms with van der Waals surface area (Å²) in [6.45, 7) is 8.23. The number of piperidine rings is 2. The third-order valence-electron chi connectivity index (χ3n) is 3.85. The molecule has 0 aliphatic carbocycles. The Hall–Kier alpha value is 0.310. The molecule has 0 unspecified atom stereocenters. The largest absolute Gasteiger partial charge is 0.331 e. The summed E-state index contributed by atoms with van der Waals surface area (Å²) in [5.74, 6) is 0. The second-order valence-corrected chi connectivity index (χ2v) is 7.36. The lowest BCUT2D eigenvalue weighted by molar-refractivity contribution is 0.223. The Kier molecular flexibility index (Phi) is 6.93. The van der Waals surface area contributed by atoms with E-state index in [1.807, 2.05) is 0 Å². The highest BCUT2D eigenvalue weighted by atomic mass is 31.2. The van der Waals surface area contributed by atoms with Crippen LogP contribution in [-0.2, 0) is 4.52 Å². The Balaban J connectivity index is 1.87. The van der Waals surface area contributed by atoms with E-state index in [0.717, 1.165) is 6.61 Å². The predicted molar refractivity (Wildman–Crippen MR) is 78.6 cm³/mol. The van der Waals surface area contributed by atoms with Crippen LogP contribution in [0.1, 0.15) is 58.3 Å². The van der Waals surface area contributed by atoms with E-state index in [0.29, 0.717) is 0 Å². The van der Waals surface area contributed by atoms with Gasteiger partial charge < -0.3 is 4.52 Å². The van der Waals surface area contributed by atoms with Gasteiger partial charge in [-0.15, -0.1) is 0 Å². The van der Waals surface area contributed by atoms with Gasteiger partial charge in [-0.25, -0.2) is 9.34 Å². The van der Waals surface area contributed by atoms with Crippen LogP contribution in [0.5, 0.6) is 0 Å². The molecule has 0 radical (unpaired) electrons. The van der Waals surface area contributed by atoms with E-state index in [1.54, 1.807) is 0 Å². The second-order valence-electron chi connectivity index (χ2n) is 5.47. The average molecular weight is 272 g/mol.